The molecule has 0 aliphatic heterocycles. The van der Waals surface area contributed by atoms with E-state index in [2.05, 4.69) is 12.2 Å². The Bertz CT molecular complexity index is 344. The Morgan fingerprint density at radius 3 is 2.37 bits per heavy atom. The van der Waals surface area contributed by atoms with Gasteiger partial charge in [0.05, 0.1) is 10.4 Å². The van der Waals surface area contributed by atoms with E-state index in [1.165, 1.54) is 25.7 Å². The second kappa shape index (κ2) is 6.21. The van der Waals surface area contributed by atoms with Gasteiger partial charge in [-0.3, -0.25) is 4.79 Å². The van der Waals surface area contributed by atoms with Gasteiger partial charge in [-0.2, -0.15) is 0 Å². The van der Waals surface area contributed by atoms with Gasteiger partial charge in [0.2, 0.25) is 5.91 Å². The molecule has 0 spiro atoms. The first kappa shape index (κ1) is 14.8. The lowest BCUT2D eigenvalue weighted by Gasteiger charge is -2.41. The molecule has 3 N–H and O–H groups in total. The van der Waals surface area contributed by atoms with Crippen molar-refractivity contribution in [2.24, 2.45) is 17.1 Å². The fourth-order valence-corrected chi connectivity index (χ4v) is 3.74. The van der Waals surface area contributed by atoms with Gasteiger partial charge in [-0.25, -0.2) is 0 Å². The Hall–Kier alpha value is -0.640. The molecule has 0 saturated heterocycles. The molecule has 0 unspecified atom stereocenters. The van der Waals surface area contributed by atoms with Crippen LogP contribution in [0.25, 0.3) is 0 Å². The van der Waals surface area contributed by atoms with Crippen LogP contribution in [0.5, 0.6) is 0 Å². The van der Waals surface area contributed by atoms with E-state index in [1.807, 2.05) is 0 Å². The third-order valence-electron chi connectivity index (χ3n) is 4.99. The molecule has 2 fully saturated rings. The van der Waals surface area contributed by atoms with Crippen molar-refractivity contribution in [3.8, 4) is 0 Å². The van der Waals surface area contributed by atoms with Crippen LogP contribution in [-0.4, -0.2) is 16.9 Å². The highest BCUT2D eigenvalue weighted by atomic mass is 32.1. The van der Waals surface area contributed by atoms with E-state index in [0.29, 0.717) is 11.0 Å². The van der Waals surface area contributed by atoms with Crippen molar-refractivity contribution in [3.63, 3.8) is 0 Å². The van der Waals surface area contributed by atoms with Gasteiger partial charge in [0, 0.05) is 6.04 Å². The highest BCUT2D eigenvalue weighted by Crippen LogP contribution is 2.42. The molecule has 0 bridgehead atoms. The van der Waals surface area contributed by atoms with Crippen LogP contribution in [-0.2, 0) is 4.79 Å². The minimum absolute atomic E-state index is 0.0881. The topological polar surface area (TPSA) is 55.1 Å². The zero-order valence-corrected chi connectivity index (χ0v) is 12.7. The van der Waals surface area contributed by atoms with Crippen LogP contribution in [0.15, 0.2) is 0 Å². The number of nitrogens with one attached hydrogen (secondary N) is 1. The van der Waals surface area contributed by atoms with Crippen LogP contribution in [0, 0.1) is 11.3 Å². The number of rotatable bonds is 5. The van der Waals surface area contributed by atoms with Crippen LogP contribution in [0.1, 0.15) is 64.7 Å². The van der Waals surface area contributed by atoms with Crippen molar-refractivity contribution in [1.29, 1.82) is 0 Å². The van der Waals surface area contributed by atoms with Crippen molar-refractivity contribution in [3.05, 3.63) is 0 Å². The van der Waals surface area contributed by atoms with Crippen molar-refractivity contribution in [1.82, 2.24) is 5.32 Å². The fraction of sp³-hybridized carbons (Fsp3) is 0.867. The second-order valence-corrected chi connectivity index (χ2v) is 6.72. The van der Waals surface area contributed by atoms with Gasteiger partial charge >= 0.3 is 0 Å². The van der Waals surface area contributed by atoms with Crippen molar-refractivity contribution < 1.29 is 4.79 Å². The average molecular weight is 282 g/mol. The molecule has 0 atom stereocenters. The maximum Gasteiger partial charge on any atom is 0.233 e. The van der Waals surface area contributed by atoms with E-state index in [0.717, 1.165) is 38.0 Å². The largest absolute Gasteiger partial charge is 0.392 e. The summed E-state index contributed by atoms with van der Waals surface area (Å²) >= 11 is 5.09. The molecular formula is C15H26N2OS. The highest BCUT2D eigenvalue weighted by Gasteiger charge is 2.47. The van der Waals surface area contributed by atoms with Gasteiger partial charge in [0.1, 0.15) is 0 Å². The summed E-state index contributed by atoms with van der Waals surface area (Å²) in [5.41, 5.74) is 5.25. The molecule has 2 rings (SSSR count). The number of amides is 1. The summed E-state index contributed by atoms with van der Waals surface area (Å²) in [4.78, 5) is 12.8. The highest BCUT2D eigenvalue weighted by molar-refractivity contribution is 7.80. The molecule has 0 aromatic heterocycles. The fourth-order valence-electron chi connectivity index (χ4n) is 3.44. The summed E-state index contributed by atoms with van der Waals surface area (Å²) < 4.78 is 0. The summed E-state index contributed by atoms with van der Waals surface area (Å²) in [6.07, 6.45) is 10.1. The monoisotopic (exact) mass is 282 g/mol. The quantitative estimate of drug-likeness (QED) is 0.762. The molecule has 0 heterocycles. The Morgan fingerprint density at radius 1 is 1.32 bits per heavy atom. The van der Waals surface area contributed by atoms with E-state index in [1.54, 1.807) is 0 Å². The standard InChI is InChI=1S/C15H26N2OS/c1-2-4-11-5-7-12(8-6-11)17-14(18)15(13(16)19)9-3-10-15/h11-12H,2-10H2,1H3,(H2,16,19)(H,17,18). The minimum atomic E-state index is -0.518. The maximum absolute atomic E-state index is 12.4. The first-order valence-corrected chi connectivity index (χ1v) is 8.10. The molecule has 2 aliphatic carbocycles. The van der Waals surface area contributed by atoms with E-state index < -0.39 is 5.41 Å². The molecule has 1 amide bonds. The molecule has 0 radical (unpaired) electrons. The van der Waals surface area contributed by atoms with Crippen LogP contribution in [0.3, 0.4) is 0 Å². The van der Waals surface area contributed by atoms with Crippen molar-refractivity contribution in [2.45, 2.75) is 70.8 Å². The van der Waals surface area contributed by atoms with Crippen LogP contribution in [0.2, 0.25) is 0 Å². The zero-order chi connectivity index (χ0) is 13.9. The van der Waals surface area contributed by atoms with E-state index in [9.17, 15) is 4.79 Å². The minimum Gasteiger partial charge on any atom is -0.392 e. The number of hydrogen-bond donors (Lipinski definition) is 2. The van der Waals surface area contributed by atoms with Crippen LogP contribution in [0.4, 0.5) is 0 Å². The lowest BCUT2D eigenvalue weighted by atomic mass is 9.67. The molecule has 2 aliphatic rings. The van der Waals surface area contributed by atoms with Gasteiger partial charge < -0.3 is 11.1 Å². The zero-order valence-electron chi connectivity index (χ0n) is 11.9. The van der Waals surface area contributed by atoms with Gasteiger partial charge in [-0.05, 0) is 44.4 Å². The predicted molar refractivity (Wildman–Crippen MR) is 81.9 cm³/mol. The number of hydrogen-bond acceptors (Lipinski definition) is 2. The van der Waals surface area contributed by atoms with E-state index in [-0.39, 0.29) is 5.91 Å². The summed E-state index contributed by atoms with van der Waals surface area (Å²) in [5, 5.41) is 3.20. The molecule has 108 valence electrons. The second-order valence-electron chi connectivity index (χ2n) is 6.28. The SMILES string of the molecule is CCCC1CCC(NC(=O)C2(C(N)=S)CCC2)CC1. The summed E-state index contributed by atoms with van der Waals surface area (Å²) in [5.74, 6) is 0.955. The predicted octanol–water partition coefficient (Wildman–Crippen LogP) is 2.92. The lowest BCUT2D eigenvalue weighted by molar-refractivity contribution is -0.131. The Kier molecular flexibility index (Phi) is 4.82. The lowest BCUT2D eigenvalue weighted by Crippen LogP contribution is -2.55. The summed E-state index contributed by atoms with van der Waals surface area (Å²) in [7, 11) is 0. The van der Waals surface area contributed by atoms with E-state index in [4.69, 9.17) is 18.0 Å². The average Bonchev–Trinajstić information content (AvgIpc) is 2.30. The maximum atomic E-state index is 12.4. The van der Waals surface area contributed by atoms with Crippen molar-refractivity contribution >= 4 is 23.1 Å². The number of nitrogens with two attached hydrogens (primary N) is 1. The molecule has 19 heavy (non-hydrogen) atoms. The van der Waals surface area contributed by atoms with Gasteiger partial charge in [-0.15, -0.1) is 0 Å². The molecule has 0 aromatic rings. The van der Waals surface area contributed by atoms with Crippen LogP contribution < -0.4 is 11.1 Å². The first-order chi connectivity index (χ1) is 9.08. The Balaban J connectivity index is 1.82. The third kappa shape index (κ3) is 3.10. The Labute approximate surface area is 121 Å². The molecule has 0 aromatic carbocycles. The molecular weight excluding hydrogens is 256 g/mol. The first-order valence-electron chi connectivity index (χ1n) is 7.69. The van der Waals surface area contributed by atoms with Gasteiger partial charge in [0.25, 0.3) is 0 Å². The smallest absolute Gasteiger partial charge is 0.233 e. The Morgan fingerprint density at radius 2 is 1.95 bits per heavy atom. The summed E-state index contributed by atoms with van der Waals surface area (Å²) in [6.45, 7) is 2.25. The van der Waals surface area contributed by atoms with Gasteiger partial charge in [-0.1, -0.05) is 38.4 Å². The number of carbonyl (C=O) groups excluding carboxylic acids is 1. The normalized spacial score (nSPS) is 29.3. The summed E-state index contributed by atoms with van der Waals surface area (Å²) in [6, 6.07) is 0.340. The van der Waals surface area contributed by atoms with Gasteiger partial charge in [0.15, 0.2) is 0 Å². The van der Waals surface area contributed by atoms with Crippen molar-refractivity contribution in [2.75, 3.05) is 0 Å². The third-order valence-corrected chi connectivity index (χ3v) is 5.38. The molecule has 2 saturated carbocycles. The number of carbonyl (C=O) groups is 1. The van der Waals surface area contributed by atoms with E-state index >= 15 is 0 Å². The number of thiocarbonyl (C=S) groups is 1. The van der Waals surface area contributed by atoms with Crippen LogP contribution >= 0.6 is 12.2 Å². The molecule has 3 nitrogen and oxygen atoms in total. The molecule has 4 heteroatoms.